The van der Waals surface area contributed by atoms with Crippen molar-refractivity contribution in [3.05, 3.63) is 153 Å². The summed E-state index contributed by atoms with van der Waals surface area (Å²) < 4.78 is 2.51. The van der Waals surface area contributed by atoms with Crippen LogP contribution in [-0.2, 0) is 18.4 Å². The van der Waals surface area contributed by atoms with Crippen LogP contribution in [0.3, 0.4) is 0 Å². The maximum absolute atomic E-state index is 2.57. The normalized spacial score (nSPS) is 19.8. The zero-order valence-corrected chi connectivity index (χ0v) is 30.8. The molecule has 4 aliphatic carbocycles. The molecule has 0 N–H and O–H groups in total. The number of aryl methyl sites for hydroxylation is 1. The van der Waals surface area contributed by atoms with Crippen LogP contribution in [0.2, 0.25) is 0 Å². The molecule has 0 unspecified atom stereocenters. The second-order valence-corrected chi connectivity index (χ2v) is 15.1. The monoisotopic (exact) mass is 666 g/mol. The number of hydrogen-bond acceptors (Lipinski definition) is 1. The summed E-state index contributed by atoms with van der Waals surface area (Å²) in [5.41, 5.74) is 19.9. The summed E-state index contributed by atoms with van der Waals surface area (Å²) in [5, 5.41) is 1.38. The van der Waals surface area contributed by atoms with Crippen molar-refractivity contribution in [3.8, 4) is 11.1 Å². The average molecular weight is 667 g/mol. The van der Waals surface area contributed by atoms with Crippen molar-refractivity contribution in [3.63, 3.8) is 0 Å². The minimum Gasteiger partial charge on any atom is -0.348 e. The first-order valence-electron chi connectivity index (χ1n) is 19.6. The molecule has 0 amide bonds. The van der Waals surface area contributed by atoms with Crippen LogP contribution in [0.15, 0.2) is 114 Å². The Morgan fingerprint density at radius 1 is 0.706 bits per heavy atom. The molecule has 0 spiro atoms. The molecule has 4 aromatic rings. The molecule has 0 saturated carbocycles. The van der Waals surface area contributed by atoms with Gasteiger partial charge in [0, 0.05) is 58.0 Å². The Morgan fingerprint density at radius 3 is 2.08 bits per heavy atom. The first-order valence-corrected chi connectivity index (χ1v) is 19.6. The highest BCUT2D eigenvalue weighted by atomic mass is 15.2. The predicted octanol–water partition coefficient (Wildman–Crippen LogP) is 12.7. The second kappa shape index (κ2) is 12.7. The van der Waals surface area contributed by atoms with E-state index < -0.39 is 0 Å². The van der Waals surface area contributed by atoms with E-state index in [1.807, 2.05) is 0 Å². The fraction of sp³-hybridized carbons (Fsp3) is 0.306. The highest BCUT2D eigenvalue weighted by molar-refractivity contribution is 5.94. The van der Waals surface area contributed by atoms with Crippen molar-refractivity contribution in [2.45, 2.75) is 84.6 Å². The number of rotatable bonds is 8. The van der Waals surface area contributed by atoms with Crippen LogP contribution in [0, 0.1) is 5.92 Å². The molecule has 256 valence electrons. The van der Waals surface area contributed by atoms with Gasteiger partial charge in [-0.3, -0.25) is 0 Å². The Bertz CT molecular complexity index is 2290. The maximum Gasteiger partial charge on any atom is 0.0489 e. The zero-order chi connectivity index (χ0) is 34.7. The number of benzene rings is 3. The van der Waals surface area contributed by atoms with Gasteiger partial charge in [-0.15, -0.1) is 0 Å². The number of nitrogens with zero attached hydrogens (tertiary/aromatic N) is 2. The summed E-state index contributed by atoms with van der Waals surface area (Å²) >= 11 is 0. The van der Waals surface area contributed by atoms with E-state index in [-0.39, 0.29) is 5.41 Å². The SMILES string of the molecule is CCN1C2=CC=C(/C=C/c3ccc4c(c3)C(CC)(CC)c3cc(/C=C/c5ccc6c(c5)c5c(n6CC)CCC=C5)ccc3-4)C[C@H]2C2=C1CCC=C2. The summed E-state index contributed by atoms with van der Waals surface area (Å²) in [4.78, 5) is 2.57. The number of hydrogen-bond donors (Lipinski definition) is 0. The Balaban J connectivity index is 0.991. The molecule has 1 aliphatic heterocycles. The van der Waals surface area contributed by atoms with Gasteiger partial charge in [-0.05, 0) is 127 Å². The number of allylic oxidation sites excluding steroid dienone is 9. The highest BCUT2D eigenvalue weighted by Gasteiger charge is 2.41. The van der Waals surface area contributed by atoms with E-state index in [9.17, 15) is 0 Å². The third kappa shape index (κ3) is 5.05. The smallest absolute Gasteiger partial charge is 0.0489 e. The van der Waals surface area contributed by atoms with Crippen LogP contribution in [0.25, 0.3) is 46.3 Å². The minimum atomic E-state index is 0.0249. The van der Waals surface area contributed by atoms with Gasteiger partial charge in [-0.2, -0.15) is 0 Å². The van der Waals surface area contributed by atoms with E-state index in [0.717, 1.165) is 51.6 Å². The Kier molecular flexibility index (Phi) is 8.03. The van der Waals surface area contributed by atoms with Crippen molar-refractivity contribution >= 4 is 35.2 Å². The van der Waals surface area contributed by atoms with E-state index in [1.165, 1.54) is 78.8 Å². The van der Waals surface area contributed by atoms with Gasteiger partial charge in [0.1, 0.15) is 0 Å². The molecule has 2 heteroatoms. The van der Waals surface area contributed by atoms with Crippen LogP contribution in [-0.4, -0.2) is 16.0 Å². The molecule has 1 atom stereocenters. The standard InChI is InChI=1S/C49H50N2/c1-5-49(6-2)43-31-35(19-17-33-23-27-47-41(29-33)39-13-9-11-15-45(39)50(47)7-3)21-25-37(43)38-26-22-36(32-44(38)49)20-18-34-24-28-48-42(30-34)40-14-10-12-16-46(40)51(48)8-4/h9-10,13-14,17-29,31-32,42H,5-8,11-12,15-16,30H2,1-4H3/b19-17+,20-18+/t42-/m0/s1. The van der Waals surface area contributed by atoms with Gasteiger partial charge >= 0.3 is 0 Å². The topological polar surface area (TPSA) is 8.17 Å². The van der Waals surface area contributed by atoms with Gasteiger partial charge in [0.15, 0.2) is 0 Å². The quantitative estimate of drug-likeness (QED) is 0.170. The Hall–Kier alpha value is -4.82. The molecule has 9 rings (SSSR count). The van der Waals surface area contributed by atoms with Gasteiger partial charge in [0.2, 0.25) is 0 Å². The molecule has 3 aromatic carbocycles. The lowest BCUT2D eigenvalue weighted by atomic mass is 9.73. The van der Waals surface area contributed by atoms with E-state index in [1.54, 1.807) is 11.3 Å². The zero-order valence-electron chi connectivity index (χ0n) is 30.8. The van der Waals surface area contributed by atoms with Crippen LogP contribution in [0.5, 0.6) is 0 Å². The fourth-order valence-electron chi connectivity index (χ4n) is 10.1. The van der Waals surface area contributed by atoms with Crippen molar-refractivity contribution in [2.24, 2.45) is 5.92 Å². The van der Waals surface area contributed by atoms with Crippen LogP contribution < -0.4 is 0 Å². The molecule has 5 aliphatic rings. The predicted molar refractivity (Wildman–Crippen MR) is 218 cm³/mol. The van der Waals surface area contributed by atoms with Crippen molar-refractivity contribution in [1.82, 2.24) is 9.47 Å². The maximum atomic E-state index is 2.57. The van der Waals surface area contributed by atoms with Gasteiger partial charge < -0.3 is 9.47 Å². The molecule has 2 nitrogen and oxygen atoms in total. The third-order valence-electron chi connectivity index (χ3n) is 12.7. The van der Waals surface area contributed by atoms with Crippen molar-refractivity contribution in [2.75, 3.05) is 6.54 Å². The molecular weight excluding hydrogens is 617 g/mol. The van der Waals surface area contributed by atoms with E-state index in [0.29, 0.717) is 5.92 Å². The first kappa shape index (κ1) is 32.1. The third-order valence-corrected chi connectivity index (χ3v) is 12.7. The van der Waals surface area contributed by atoms with Crippen LogP contribution in [0.4, 0.5) is 0 Å². The van der Waals surface area contributed by atoms with Crippen LogP contribution >= 0.6 is 0 Å². The van der Waals surface area contributed by atoms with Gasteiger partial charge in [0.25, 0.3) is 0 Å². The minimum absolute atomic E-state index is 0.0249. The lowest BCUT2D eigenvalue weighted by Gasteiger charge is -2.30. The summed E-state index contributed by atoms with van der Waals surface area (Å²) in [5.74, 6) is 0.500. The molecule has 0 saturated heterocycles. The molecular formula is C49H50N2. The first-order chi connectivity index (χ1) is 25.1. The number of fused-ring (bicyclic) bond motifs is 8. The molecule has 0 radical (unpaired) electrons. The lowest BCUT2D eigenvalue weighted by molar-refractivity contribution is 0.426. The molecule has 2 heterocycles. The summed E-state index contributed by atoms with van der Waals surface area (Å²) in [6.07, 6.45) is 31.4. The van der Waals surface area contributed by atoms with Gasteiger partial charge in [0.05, 0.1) is 0 Å². The lowest BCUT2D eigenvalue weighted by Crippen LogP contribution is -2.23. The Labute approximate surface area is 304 Å². The molecule has 0 bridgehead atoms. The fourth-order valence-corrected chi connectivity index (χ4v) is 10.1. The van der Waals surface area contributed by atoms with E-state index in [2.05, 4.69) is 153 Å². The summed E-state index contributed by atoms with van der Waals surface area (Å²) in [6.45, 7) is 11.4. The largest absolute Gasteiger partial charge is 0.348 e. The summed E-state index contributed by atoms with van der Waals surface area (Å²) in [7, 11) is 0. The highest BCUT2D eigenvalue weighted by Crippen LogP contribution is 2.53. The van der Waals surface area contributed by atoms with E-state index in [4.69, 9.17) is 0 Å². The molecule has 0 fully saturated rings. The number of aromatic nitrogens is 1. The molecule has 51 heavy (non-hydrogen) atoms. The van der Waals surface area contributed by atoms with Crippen molar-refractivity contribution in [1.29, 1.82) is 0 Å². The summed E-state index contributed by atoms with van der Waals surface area (Å²) in [6, 6.07) is 21.4. The van der Waals surface area contributed by atoms with Gasteiger partial charge in [-0.1, -0.05) is 111 Å². The second-order valence-electron chi connectivity index (χ2n) is 15.1. The molecule has 1 aromatic heterocycles. The average Bonchev–Trinajstić information content (AvgIpc) is 3.78. The van der Waals surface area contributed by atoms with E-state index >= 15 is 0 Å². The van der Waals surface area contributed by atoms with Crippen LogP contribution in [0.1, 0.15) is 105 Å². The van der Waals surface area contributed by atoms with Crippen molar-refractivity contribution < 1.29 is 0 Å². The van der Waals surface area contributed by atoms with Gasteiger partial charge in [-0.25, -0.2) is 0 Å². The Morgan fingerprint density at radius 2 is 1.37 bits per heavy atom.